The van der Waals surface area contributed by atoms with E-state index in [-0.39, 0.29) is 28.8 Å². The average Bonchev–Trinajstić information content (AvgIpc) is 3.38. The molecule has 1 saturated heterocycles. The lowest BCUT2D eigenvalue weighted by molar-refractivity contribution is -0.141. The van der Waals surface area contributed by atoms with Gasteiger partial charge in [-0.1, -0.05) is 18.2 Å². The first-order valence-corrected chi connectivity index (χ1v) is 13.3. The van der Waals surface area contributed by atoms with Crippen molar-refractivity contribution >= 4 is 5.97 Å². The van der Waals surface area contributed by atoms with Crippen LogP contribution in [0.2, 0.25) is 0 Å². The maximum absolute atomic E-state index is 15.0. The Morgan fingerprint density at radius 1 is 1.07 bits per heavy atom. The van der Waals surface area contributed by atoms with E-state index in [4.69, 9.17) is 14.1 Å². The van der Waals surface area contributed by atoms with E-state index in [0.717, 1.165) is 48.8 Å². The van der Waals surface area contributed by atoms with Gasteiger partial charge in [0.25, 0.3) is 5.56 Å². The summed E-state index contributed by atoms with van der Waals surface area (Å²) in [5.74, 6) is -1.06. The Labute approximate surface area is 231 Å². The summed E-state index contributed by atoms with van der Waals surface area (Å²) in [5.41, 5.74) is 3.48. The molecule has 0 atom stereocenters. The lowest BCUT2D eigenvalue weighted by Crippen LogP contribution is -2.34. The number of nitrogens with zero attached hydrogens (tertiary/aromatic N) is 3. The Morgan fingerprint density at radius 2 is 1.80 bits per heavy atom. The smallest absolute Gasteiger partial charge is 0.306 e. The van der Waals surface area contributed by atoms with Crippen LogP contribution in [0, 0.1) is 25.5 Å². The fourth-order valence-electron chi connectivity index (χ4n) is 5.31. The number of oxazole rings is 1. The van der Waals surface area contributed by atoms with Gasteiger partial charge in [-0.05, 0) is 69.1 Å². The molecule has 0 spiro atoms. The molecule has 4 aromatic rings. The zero-order chi connectivity index (χ0) is 28.4. The third kappa shape index (κ3) is 5.60. The summed E-state index contributed by atoms with van der Waals surface area (Å²) in [7, 11) is 1.38. The van der Waals surface area contributed by atoms with E-state index < -0.39 is 11.6 Å². The molecule has 0 radical (unpaired) electrons. The van der Waals surface area contributed by atoms with Crippen LogP contribution in [0.25, 0.3) is 28.3 Å². The predicted octanol–water partition coefficient (Wildman–Crippen LogP) is 5.80. The van der Waals surface area contributed by atoms with Crippen LogP contribution in [0.4, 0.5) is 8.78 Å². The lowest BCUT2D eigenvalue weighted by Gasteiger charge is -2.30. The summed E-state index contributed by atoms with van der Waals surface area (Å²) in [6.07, 6.45) is 3.51. The van der Waals surface area contributed by atoms with Gasteiger partial charge in [0.1, 0.15) is 17.3 Å². The molecule has 0 unspecified atom stereocenters. The second-order valence-corrected chi connectivity index (χ2v) is 10.2. The molecule has 0 aliphatic carbocycles. The molecule has 1 aliphatic rings. The molecule has 2 aromatic carbocycles. The standard InChI is InChI=1S/C31H31F2N3O4/c1-19-5-4-6-20(2)29(19)36-18-22(7-10-26(36)37)28-30(24-9-8-23(32)17-25(24)33)40-31(34-28)21-11-14-35(15-12-21)16-13-27(38)39-3/h4-10,17-18,21H,11-16H2,1-3H3. The van der Waals surface area contributed by atoms with Gasteiger partial charge in [0, 0.05) is 36.4 Å². The number of aryl methyl sites for hydroxylation is 2. The molecule has 1 fully saturated rings. The van der Waals surface area contributed by atoms with E-state index in [2.05, 4.69) is 4.90 Å². The first kappa shape index (κ1) is 27.5. The largest absolute Gasteiger partial charge is 0.469 e. The Bertz CT molecular complexity index is 1580. The minimum absolute atomic E-state index is 0.0186. The maximum atomic E-state index is 15.0. The van der Waals surface area contributed by atoms with Crippen LogP contribution in [0.1, 0.15) is 42.2 Å². The number of pyridine rings is 1. The van der Waals surface area contributed by atoms with E-state index in [1.165, 1.54) is 25.3 Å². The summed E-state index contributed by atoms with van der Waals surface area (Å²) >= 11 is 0. The molecular formula is C31H31F2N3O4. The number of methoxy groups -OCH3 is 1. The molecule has 9 heteroatoms. The number of piperidine rings is 1. The van der Waals surface area contributed by atoms with Crippen LogP contribution < -0.4 is 5.56 Å². The van der Waals surface area contributed by atoms with E-state index in [9.17, 15) is 14.0 Å². The highest BCUT2D eigenvalue weighted by molar-refractivity contribution is 5.77. The van der Waals surface area contributed by atoms with E-state index in [1.54, 1.807) is 16.8 Å². The normalized spacial score (nSPS) is 14.4. The number of likely N-dealkylation sites (tertiary alicyclic amines) is 1. The molecule has 0 N–H and O–H groups in total. The van der Waals surface area contributed by atoms with Gasteiger partial charge in [-0.15, -0.1) is 0 Å². The van der Waals surface area contributed by atoms with Crippen LogP contribution in [0.5, 0.6) is 0 Å². The molecule has 208 valence electrons. The van der Waals surface area contributed by atoms with Crippen molar-refractivity contribution in [1.29, 1.82) is 0 Å². The molecule has 0 saturated carbocycles. The number of hydrogen-bond acceptors (Lipinski definition) is 6. The molecular weight excluding hydrogens is 516 g/mol. The van der Waals surface area contributed by atoms with Gasteiger partial charge in [0.05, 0.1) is 24.8 Å². The second-order valence-electron chi connectivity index (χ2n) is 10.2. The number of rotatable bonds is 7. The Hall–Kier alpha value is -4.11. The molecule has 3 heterocycles. The second kappa shape index (κ2) is 11.6. The van der Waals surface area contributed by atoms with Gasteiger partial charge in [-0.3, -0.25) is 14.2 Å². The van der Waals surface area contributed by atoms with E-state index >= 15 is 4.39 Å². The number of halogens is 2. The minimum Gasteiger partial charge on any atom is -0.469 e. The minimum atomic E-state index is -0.760. The summed E-state index contributed by atoms with van der Waals surface area (Å²) in [4.78, 5) is 31.5. The summed E-state index contributed by atoms with van der Waals surface area (Å²) in [5, 5.41) is 0. The van der Waals surface area contributed by atoms with Crippen molar-refractivity contribution in [2.75, 3.05) is 26.7 Å². The fraction of sp³-hybridized carbons (Fsp3) is 0.323. The average molecular weight is 548 g/mol. The number of hydrogen-bond donors (Lipinski definition) is 0. The van der Waals surface area contributed by atoms with Crippen molar-refractivity contribution in [1.82, 2.24) is 14.5 Å². The fourth-order valence-corrected chi connectivity index (χ4v) is 5.31. The SMILES string of the molecule is COC(=O)CCN1CCC(c2nc(-c3ccc(=O)n(-c4c(C)cccc4C)c3)c(-c3ccc(F)cc3F)o2)CC1. The monoisotopic (exact) mass is 547 g/mol. The Morgan fingerprint density at radius 3 is 2.48 bits per heavy atom. The van der Waals surface area contributed by atoms with Crippen molar-refractivity contribution < 1.29 is 22.7 Å². The summed E-state index contributed by atoms with van der Waals surface area (Å²) < 4.78 is 41.3. The predicted molar refractivity (Wildman–Crippen MR) is 147 cm³/mol. The number of ether oxygens (including phenoxy) is 1. The van der Waals surface area contributed by atoms with Crippen molar-refractivity contribution in [3.63, 3.8) is 0 Å². The maximum Gasteiger partial charge on any atom is 0.306 e. The van der Waals surface area contributed by atoms with Crippen LogP contribution in [-0.2, 0) is 9.53 Å². The first-order valence-electron chi connectivity index (χ1n) is 13.3. The first-order chi connectivity index (χ1) is 19.2. The third-order valence-electron chi connectivity index (χ3n) is 7.48. The lowest BCUT2D eigenvalue weighted by atomic mass is 9.96. The zero-order valence-corrected chi connectivity index (χ0v) is 22.7. The highest BCUT2D eigenvalue weighted by Gasteiger charge is 2.28. The van der Waals surface area contributed by atoms with Crippen molar-refractivity contribution in [2.45, 2.75) is 39.0 Å². The van der Waals surface area contributed by atoms with Gasteiger partial charge in [0.15, 0.2) is 11.7 Å². The number of benzene rings is 2. The highest BCUT2D eigenvalue weighted by atomic mass is 19.1. The highest BCUT2D eigenvalue weighted by Crippen LogP contribution is 2.38. The van der Waals surface area contributed by atoms with Crippen LogP contribution >= 0.6 is 0 Å². The number of para-hydroxylation sites is 1. The van der Waals surface area contributed by atoms with Crippen LogP contribution in [0.15, 0.2) is 63.9 Å². The van der Waals surface area contributed by atoms with E-state index in [1.807, 2.05) is 32.0 Å². The van der Waals surface area contributed by atoms with Crippen molar-refractivity contribution in [2.24, 2.45) is 0 Å². The molecule has 7 nitrogen and oxygen atoms in total. The Kier molecular flexibility index (Phi) is 7.93. The number of carbonyl (C=O) groups excluding carboxylic acids is 1. The molecule has 40 heavy (non-hydrogen) atoms. The van der Waals surface area contributed by atoms with Crippen LogP contribution in [0.3, 0.4) is 0 Å². The number of aromatic nitrogens is 2. The van der Waals surface area contributed by atoms with Crippen LogP contribution in [-0.4, -0.2) is 47.2 Å². The summed E-state index contributed by atoms with van der Waals surface area (Å²) in [6.45, 7) is 5.98. The zero-order valence-electron chi connectivity index (χ0n) is 22.7. The third-order valence-corrected chi connectivity index (χ3v) is 7.48. The molecule has 0 amide bonds. The van der Waals surface area contributed by atoms with Gasteiger partial charge >= 0.3 is 5.97 Å². The quantitative estimate of drug-likeness (QED) is 0.272. The van der Waals surface area contributed by atoms with E-state index in [0.29, 0.717) is 30.1 Å². The topological polar surface area (TPSA) is 77.6 Å². The van der Waals surface area contributed by atoms with Gasteiger partial charge in [-0.2, -0.15) is 0 Å². The molecule has 1 aliphatic heterocycles. The molecule has 0 bridgehead atoms. The molecule has 5 rings (SSSR count). The van der Waals surface area contributed by atoms with Crippen molar-refractivity contribution in [3.05, 3.63) is 93.7 Å². The number of esters is 1. The van der Waals surface area contributed by atoms with Gasteiger partial charge in [0.2, 0.25) is 0 Å². The van der Waals surface area contributed by atoms with Gasteiger partial charge < -0.3 is 14.1 Å². The van der Waals surface area contributed by atoms with Crippen molar-refractivity contribution in [3.8, 4) is 28.3 Å². The van der Waals surface area contributed by atoms with Gasteiger partial charge in [-0.25, -0.2) is 13.8 Å². The number of carbonyl (C=O) groups is 1. The molecule has 2 aromatic heterocycles. The summed E-state index contributed by atoms with van der Waals surface area (Å²) in [6, 6.07) is 12.3. The Balaban J connectivity index is 1.53.